The number of nitrogens with one attached hydrogen (secondary N) is 1. The van der Waals surface area contributed by atoms with Crippen molar-refractivity contribution in [1.82, 2.24) is 14.7 Å². The molecule has 0 spiro atoms. The third-order valence-corrected chi connectivity index (χ3v) is 4.21. The second-order valence-electron chi connectivity index (χ2n) is 5.03. The van der Waals surface area contributed by atoms with E-state index in [1.165, 1.54) is 19.3 Å². The Morgan fingerprint density at radius 1 is 1.39 bits per heavy atom. The number of alkyl halides is 1. The van der Waals surface area contributed by atoms with Crippen LogP contribution in [0.25, 0.3) is 5.65 Å². The first-order chi connectivity index (χ1) is 8.86. The summed E-state index contributed by atoms with van der Waals surface area (Å²) in [7, 11) is 0. The number of fused-ring (bicyclic) bond motifs is 1. The lowest BCUT2D eigenvalue weighted by molar-refractivity contribution is 0.428. The number of nitrogens with zero attached hydrogens (tertiary/aromatic N) is 2. The monoisotopic (exact) mass is 263 g/mol. The highest BCUT2D eigenvalue weighted by atomic mass is 35.5. The number of pyridine rings is 1. The maximum absolute atomic E-state index is 5.99. The van der Waals surface area contributed by atoms with Gasteiger partial charge in [0.25, 0.3) is 0 Å². The molecule has 4 heteroatoms. The molecule has 2 heterocycles. The molecule has 2 aromatic rings. The minimum absolute atomic E-state index is 0.562. The van der Waals surface area contributed by atoms with E-state index >= 15 is 0 Å². The first-order valence-corrected chi connectivity index (χ1v) is 7.12. The Bertz CT molecular complexity index is 489. The summed E-state index contributed by atoms with van der Waals surface area (Å²) in [5.41, 5.74) is 2.11. The summed E-state index contributed by atoms with van der Waals surface area (Å²) in [6.07, 6.45) is 7.91. The minimum Gasteiger partial charge on any atom is -0.308 e. The average Bonchev–Trinajstić information content (AvgIpc) is 3.01. The largest absolute Gasteiger partial charge is 0.308 e. The Kier molecular flexibility index (Phi) is 3.52. The fraction of sp³-hybridized carbons (Fsp3) is 0.500. The summed E-state index contributed by atoms with van der Waals surface area (Å²) in [6.45, 7) is 0.833. The summed E-state index contributed by atoms with van der Waals surface area (Å²) in [4.78, 5) is 4.59. The van der Waals surface area contributed by atoms with Crippen LogP contribution in [-0.4, -0.2) is 21.3 Å². The Labute approximate surface area is 112 Å². The summed E-state index contributed by atoms with van der Waals surface area (Å²) in [6, 6.07) is 6.62. The van der Waals surface area contributed by atoms with E-state index < -0.39 is 0 Å². The highest BCUT2D eigenvalue weighted by Gasteiger charge is 2.25. The molecule has 0 aromatic carbocycles. The Hall–Kier alpha value is -1.06. The molecule has 3 rings (SSSR count). The lowest BCUT2D eigenvalue weighted by atomic mass is 10.1. The van der Waals surface area contributed by atoms with E-state index in [1.54, 1.807) is 0 Å². The van der Waals surface area contributed by atoms with Gasteiger partial charge in [-0.05, 0) is 30.9 Å². The van der Waals surface area contributed by atoms with Crippen molar-refractivity contribution in [2.45, 2.75) is 31.8 Å². The van der Waals surface area contributed by atoms with Gasteiger partial charge in [-0.15, -0.1) is 11.6 Å². The van der Waals surface area contributed by atoms with Crippen molar-refractivity contribution in [2.24, 2.45) is 5.92 Å². The van der Waals surface area contributed by atoms with Gasteiger partial charge in [-0.2, -0.15) is 0 Å². The molecule has 2 unspecified atom stereocenters. The third-order valence-electron chi connectivity index (χ3n) is 3.82. The first kappa shape index (κ1) is 12.0. The third kappa shape index (κ3) is 2.38. The van der Waals surface area contributed by atoms with Crippen LogP contribution in [0.5, 0.6) is 0 Å². The number of rotatable bonds is 4. The van der Waals surface area contributed by atoms with Crippen molar-refractivity contribution >= 4 is 17.2 Å². The number of halogens is 1. The Morgan fingerprint density at radius 2 is 2.33 bits per heavy atom. The molecule has 18 heavy (non-hydrogen) atoms. The average molecular weight is 264 g/mol. The molecule has 1 N–H and O–H groups in total. The van der Waals surface area contributed by atoms with Crippen LogP contribution in [0.2, 0.25) is 0 Å². The van der Waals surface area contributed by atoms with E-state index in [0.29, 0.717) is 12.0 Å². The predicted molar refractivity (Wildman–Crippen MR) is 73.9 cm³/mol. The van der Waals surface area contributed by atoms with Crippen molar-refractivity contribution in [1.29, 1.82) is 0 Å². The molecular weight excluding hydrogens is 246 g/mol. The lowest BCUT2D eigenvalue weighted by Crippen LogP contribution is -2.32. The van der Waals surface area contributed by atoms with Crippen molar-refractivity contribution in [3.8, 4) is 0 Å². The molecule has 0 aliphatic heterocycles. The van der Waals surface area contributed by atoms with Crippen LogP contribution in [0, 0.1) is 5.92 Å². The SMILES string of the molecule is ClCC1CCCC1NCc1cn2ccccc2n1. The zero-order valence-corrected chi connectivity index (χ0v) is 11.1. The van der Waals surface area contributed by atoms with Gasteiger partial charge in [0.05, 0.1) is 5.69 Å². The lowest BCUT2D eigenvalue weighted by Gasteiger charge is -2.17. The van der Waals surface area contributed by atoms with Crippen molar-refractivity contribution < 1.29 is 0 Å². The van der Waals surface area contributed by atoms with E-state index in [2.05, 4.69) is 20.9 Å². The highest BCUT2D eigenvalue weighted by Crippen LogP contribution is 2.26. The minimum atomic E-state index is 0.562. The van der Waals surface area contributed by atoms with E-state index in [4.69, 9.17) is 11.6 Å². The highest BCUT2D eigenvalue weighted by molar-refractivity contribution is 6.18. The molecule has 3 nitrogen and oxygen atoms in total. The summed E-state index contributed by atoms with van der Waals surface area (Å²) < 4.78 is 2.06. The molecular formula is C14H18ClN3. The standard InChI is InChI=1S/C14H18ClN3/c15-8-11-4-3-5-13(11)16-9-12-10-18-7-2-1-6-14(18)17-12/h1-2,6-7,10-11,13,16H,3-5,8-9H2. The maximum Gasteiger partial charge on any atom is 0.137 e. The Balaban J connectivity index is 1.66. The summed E-state index contributed by atoms with van der Waals surface area (Å²) in [5.74, 6) is 1.40. The van der Waals surface area contributed by atoms with Crippen LogP contribution in [0.4, 0.5) is 0 Å². The molecule has 1 saturated carbocycles. The molecule has 0 amide bonds. The topological polar surface area (TPSA) is 29.3 Å². The van der Waals surface area contributed by atoms with Crippen LogP contribution >= 0.6 is 11.6 Å². The van der Waals surface area contributed by atoms with Gasteiger partial charge in [-0.1, -0.05) is 12.5 Å². The molecule has 1 aliphatic carbocycles. The van der Waals surface area contributed by atoms with Crippen LogP contribution in [0.1, 0.15) is 25.0 Å². The maximum atomic E-state index is 5.99. The van der Waals surface area contributed by atoms with E-state index in [-0.39, 0.29) is 0 Å². The number of imidazole rings is 1. The van der Waals surface area contributed by atoms with E-state index in [9.17, 15) is 0 Å². The van der Waals surface area contributed by atoms with Gasteiger partial charge in [-0.25, -0.2) is 4.98 Å². The van der Waals surface area contributed by atoms with Crippen LogP contribution in [0.15, 0.2) is 30.6 Å². The van der Waals surface area contributed by atoms with Crippen LogP contribution in [-0.2, 0) is 6.54 Å². The van der Waals surface area contributed by atoms with Crippen LogP contribution in [0.3, 0.4) is 0 Å². The van der Waals surface area contributed by atoms with Crippen molar-refractivity contribution in [3.63, 3.8) is 0 Å². The second kappa shape index (κ2) is 5.29. The zero-order valence-electron chi connectivity index (χ0n) is 10.3. The zero-order chi connectivity index (χ0) is 12.4. The van der Waals surface area contributed by atoms with Gasteiger partial charge >= 0.3 is 0 Å². The number of aromatic nitrogens is 2. The normalized spacial score (nSPS) is 23.8. The summed E-state index contributed by atoms with van der Waals surface area (Å²) in [5, 5.41) is 3.60. The second-order valence-corrected chi connectivity index (χ2v) is 5.34. The van der Waals surface area contributed by atoms with Crippen molar-refractivity contribution in [3.05, 3.63) is 36.3 Å². The molecule has 1 aliphatic rings. The fourth-order valence-corrected chi connectivity index (χ4v) is 3.17. The van der Waals surface area contributed by atoms with Gasteiger partial charge in [-0.3, -0.25) is 0 Å². The van der Waals surface area contributed by atoms with Crippen LogP contribution < -0.4 is 5.32 Å². The molecule has 2 aromatic heterocycles. The molecule has 0 bridgehead atoms. The number of hydrogen-bond donors (Lipinski definition) is 1. The fourth-order valence-electron chi connectivity index (χ4n) is 2.80. The first-order valence-electron chi connectivity index (χ1n) is 6.59. The van der Waals surface area contributed by atoms with Gasteiger partial charge in [0.2, 0.25) is 0 Å². The molecule has 2 atom stereocenters. The smallest absolute Gasteiger partial charge is 0.137 e. The quantitative estimate of drug-likeness (QED) is 0.860. The van der Waals surface area contributed by atoms with Gasteiger partial charge in [0, 0.05) is 30.9 Å². The summed E-state index contributed by atoms with van der Waals surface area (Å²) >= 11 is 5.99. The van der Waals surface area contributed by atoms with Crippen molar-refractivity contribution in [2.75, 3.05) is 5.88 Å². The van der Waals surface area contributed by atoms with E-state index in [0.717, 1.165) is 23.8 Å². The molecule has 0 saturated heterocycles. The van der Waals surface area contributed by atoms with E-state index in [1.807, 2.05) is 24.4 Å². The molecule has 1 fully saturated rings. The molecule has 0 radical (unpaired) electrons. The molecule has 96 valence electrons. The van der Waals surface area contributed by atoms with Gasteiger partial charge in [0.1, 0.15) is 5.65 Å². The predicted octanol–water partition coefficient (Wildman–Crippen LogP) is 2.83. The van der Waals surface area contributed by atoms with Gasteiger partial charge in [0.15, 0.2) is 0 Å². The number of hydrogen-bond acceptors (Lipinski definition) is 2. The van der Waals surface area contributed by atoms with Gasteiger partial charge < -0.3 is 9.72 Å². The Morgan fingerprint density at radius 3 is 3.17 bits per heavy atom.